The van der Waals surface area contributed by atoms with Crippen molar-refractivity contribution in [1.29, 1.82) is 0 Å². The predicted molar refractivity (Wildman–Crippen MR) is 42.9 cm³/mol. The molecule has 0 saturated heterocycles. The SMILES string of the molecule is CCCCCC(N)S(=O)O. The molecular formula is C6H15NO2S. The van der Waals surface area contributed by atoms with Crippen molar-refractivity contribution in [3.8, 4) is 0 Å². The molecule has 0 aliphatic heterocycles. The smallest absolute Gasteiger partial charge is 0.170 e. The Morgan fingerprint density at radius 3 is 2.60 bits per heavy atom. The Balaban J connectivity index is 3.21. The summed E-state index contributed by atoms with van der Waals surface area (Å²) in [5, 5.41) is -0.549. The second-order valence-corrected chi connectivity index (χ2v) is 3.47. The maximum atomic E-state index is 10.3. The lowest BCUT2D eigenvalue weighted by Gasteiger charge is -2.04. The molecule has 0 aliphatic rings. The molecule has 0 bridgehead atoms. The molecule has 0 rings (SSSR count). The summed E-state index contributed by atoms with van der Waals surface area (Å²) in [6, 6.07) is 0. The Hall–Kier alpha value is 0.0700. The number of hydrogen-bond acceptors (Lipinski definition) is 2. The van der Waals surface area contributed by atoms with Gasteiger partial charge in [0.2, 0.25) is 0 Å². The molecule has 3 N–H and O–H groups in total. The molecule has 0 saturated carbocycles. The minimum atomic E-state index is -1.84. The molecule has 0 amide bonds. The zero-order valence-corrected chi connectivity index (χ0v) is 7.06. The van der Waals surface area contributed by atoms with Gasteiger partial charge in [0.15, 0.2) is 11.1 Å². The van der Waals surface area contributed by atoms with E-state index in [9.17, 15) is 4.21 Å². The van der Waals surface area contributed by atoms with Gasteiger partial charge >= 0.3 is 0 Å². The Morgan fingerprint density at radius 2 is 2.20 bits per heavy atom. The first-order valence-corrected chi connectivity index (χ1v) is 4.70. The lowest BCUT2D eigenvalue weighted by atomic mass is 10.2. The van der Waals surface area contributed by atoms with Crippen LogP contribution >= 0.6 is 0 Å². The lowest BCUT2D eigenvalue weighted by Crippen LogP contribution is -2.24. The summed E-state index contributed by atoms with van der Waals surface area (Å²) >= 11 is -1.84. The van der Waals surface area contributed by atoms with Crippen LogP contribution in [0, 0.1) is 0 Å². The lowest BCUT2D eigenvalue weighted by molar-refractivity contribution is 0.534. The molecule has 0 heterocycles. The molecule has 0 aromatic heterocycles. The summed E-state index contributed by atoms with van der Waals surface area (Å²) in [5.41, 5.74) is 5.31. The van der Waals surface area contributed by atoms with Gasteiger partial charge in [-0.05, 0) is 6.42 Å². The van der Waals surface area contributed by atoms with Gasteiger partial charge in [0.05, 0.1) is 0 Å². The van der Waals surface area contributed by atoms with Crippen LogP contribution in [0.25, 0.3) is 0 Å². The molecule has 0 aromatic carbocycles. The average molecular weight is 165 g/mol. The molecule has 3 nitrogen and oxygen atoms in total. The second kappa shape index (κ2) is 5.82. The highest BCUT2D eigenvalue weighted by Crippen LogP contribution is 2.02. The van der Waals surface area contributed by atoms with Crippen molar-refractivity contribution < 1.29 is 8.76 Å². The van der Waals surface area contributed by atoms with Gasteiger partial charge in [-0.25, -0.2) is 4.21 Å². The standard InChI is InChI=1S/C6H15NO2S/c1-2-3-4-5-6(7)10(8)9/h6H,2-5,7H2,1H3,(H,8,9). The van der Waals surface area contributed by atoms with Gasteiger partial charge < -0.3 is 10.3 Å². The highest BCUT2D eigenvalue weighted by Gasteiger charge is 2.06. The van der Waals surface area contributed by atoms with Gasteiger partial charge in [-0.1, -0.05) is 26.2 Å². The quantitative estimate of drug-likeness (QED) is 0.473. The molecule has 0 fully saturated rings. The van der Waals surface area contributed by atoms with Crippen LogP contribution in [0.15, 0.2) is 0 Å². The Kier molecular flexibility index (Phi) is 5.87. The molecule has 4 heteroatoms. The van der Waals surface area contributed by atoms with Crippen molar-refractivity contribution in [2.45, 2.75) is 38.0 Å². The van der Waals surface area contributed by atoms with E-state index in [1.54, 1.807) is 0 Å². The highest BCUT2D eigenvalue weighted by molar-refractivity contribution is 7.79. The maximum Gasteiger partial charge on any atom is 0.170 e. The molecule has 2 atom stereocenters. The van der Waals surface area contributed by atoms with Crippen LogP contribution in [0.3, 0.4) is 0 Å². The summed E-state index contributed by atoms with van der Waals surface area (Å²) in [7, 11) is 0. The third-order valence-electron chi connectivity index (χ3n) is 1.35. The summed E-state index contributed by atoms with van der Waals surface area (Å²) < 4.78 is 18.7. The normalized spacial score (nSPS) is 16.7. The number of nitrogens with two attached hydrogens (primary N) is 1. The van der Waals surface area contributed by atoms with Gasteiger partial charge in [-0.15, -0.1) is 0 Å². The monoisotopic (exact) mass is 165 g/mol. The first-order chi connectivity index (χ1) is 4.68. The van der Waals surface area contributed by atoms with Crippen LogP contribution in [0.5, 0.6) is 0 Å². The third kappa shape index (κ3) is 4.90. The van der Waals surface area contributed by atoms with Crippen molar-refractivity contribution in [3.05, 3.63) is 0 Å². The van der Waals surface area contributed by atoms with E-state index in [1.807, 2.05) is 0 Å². The molecular weight excluding hydrogens is 150 g/mol. The van der Waals surface area contributed by atoms with E-state index in [1.165, 1.54) is 0 Å². The van der Waals surface area contributed by atoms with Gasteiger partial charge in [0, 0.05) is 0 Å². The third-order valence-corrected chi connectivity index (χ3v) is 2.10. The van der Waals surface area contributed by atoms with Crippen LogP contribution in [0.1, 0.15) is 32.6 Å². The van der Waals surface area contributed by atoms with E-state index in [4.69, 9.17) is 10.3 Å². The van der Waals surface area contributed by atoms with Crippen LogP contribution < -0.4 is 5.73 Å². The fourth-order valence-corrected chi connectivity index (χ4v) is 1.06. The fourth-order valence-electron chi connectivity index (χ4n) is 0.696. The molecule has 0 aromatic rings. The van der Waals surface area contributed by atoms with Crippen LogP contribution in [-0.4, -0.2) is 14.1 Å². The van der Waals surface area contributed by atoms with Gasteiger partial charge in [0.25, 0.3) is 0 Å². The summed E-state index contributed by atoms with van der Waals surface area (Å²) in [6.07, 6.45) is 3.80. The Labute approximate surface area is 64.3 Å². The van der Waals surface area contributed by atoms with E-state index in [0.29, 0.717) is 6.42 Å². The molecule has 62 valence electrons. The minimum absolute atomic E-state index is 0.549. The Morgan fingerprint density at radius 1 is 1.60 bits per heavy atom. The highest BCUT2D eigenvalue weighted by atomic mass is 32.2. The molecule has 0 radical (unpaired) electrons. The first-order valence-electron chi connectivity index (χ1n) is 3.53. The predicted octanol–water partition coefficient (Wildman–Crippen LogP) is 1.07. The molecule has 2 unspecified atom stereocenters. The van der Waals surface area contributed by atoms with Crippen molar-refractivity contribution in [2.75, 3.05) is 0 Å². The van der Waals surface area contributed by atoms with E-state index < -0.39 is 16.5 Å². The molecule has 10 heavy (non-hydrogen) atoms. The van der Waals surface area contributed by atoms with Gasteiger partial charge in [-0.2, -0.15) is 0 Å². The van der Waals surface area contributed by atoms with Crippen molar-refractivity contribution in [2.24, 2.45) is 5.73 Å². The van der Waals surface area contributed by atoms with Gasteiger partial charge in [-0.3, -0.25) is 0 Å². The van der Waals surface area contributed by atoms with Crippen LogP contribution in [0.2, 0.25) is 0 Å². The van der Waals surface area contributed by atoms with Gasteiger partial charge in [0.1, 0.15) is 5.37 Å². The summed E-state index contributed by atoms with van der Waals surface area (Å²) in [5.74, 6) is 0. The van der Waals surface area contributed by atoms with E-state index in [-0.39, 0.29) is 0 Å². The number of hydrogen-bond donors (Lipinski definition) is 2. The summed E-state index contributed by atoms with van der Waals surface area (Å²) in [4.78, 5) is 0. The maximum absolute atomic E-state index is 10.3. The van der Waals surface area contributed by atoms with E-state index >= 15 is 0 Å². The van der Waals surface area contributed by atoms with Crippen LogP contribution in [0.4, 0.5) is 0 Å². The average Bonchev–Trinajstić information content (AvgIpc) is 1.88. The first kappa shape index (κ1) is 10.1. The molecule has 0 aliphatic carbocycles. The largest absolute Gasteiger partial charge is 0.315 e. The zero-order valence-electron chi connectivity index (χ0n) is 6.25. The number of unbranched alkanes of at least 4 members (excludes halogenated alkanes) is 2. The topological polar surface area (TPSA) is 63.3 Å². The Bertz CT molecular complexity index is 108. The minimum Gasteiger partial charge on any atom is -0.315 e. The van der Waals surface area contributed by atoms with E-state index in [2.05, 4.69) is 6.92 Å². The fraction of sp³-hybridized carbons (Fsp3) is 1.00. The molecule has 0 spiro atoms. The van der Waals surface area contributed by atoms with Crippen LogP contribution in [-0.2, 0) is 11.1 Å². The second-order valence-electron chi connectivity index (χ2n) is 2.31. The van der Waals surface area contributed by atoms with Crippen molar-refractivity contribution in [3.63, 3.8) is 0 Å². The van der Waals surface area contributed by atoms with Crippen molar-refractivity contribution in [1.82, 2.24) is 0 Å². The summed E-state index contributed by atoms with van der Waals surface area (Å²) in [6.45, 7) is 2.08. The zero-order chi connectivity index (χ0) is 7.98. The van der Waals surface area contributed by atoms with Crippen molar-refractivity contribution >= 4 is 11.1 Å². The number of rotatable bonds is 5. The van der Waals surface area contributed by atoms with E-state index in [0.717, 1.165) is 19.3 Å².